The van der Waals surface area contributed by atoms with E-state index in [9.17, 15) is 8.42 Å². The Hall–Kier alpha value is -0.950. The number of nitrogens with one attached hydrogen (secondary N) is 1. The molecule has 3 N–H and O–H groups in total. The van der Waals surface area contributed by atoms with Crippen LogP contribution < -0.4 is 10.5 Å². The Bertz CT molecular complexity index is 499. The topological polar surface area (TPSA) is 75.4 Å². The van der Waals surface area contributed by atoms with E-state index in [0.717, 1.165) is 26.1 Å². The number of hydrogen-bond donors (Lipinski definition) is 2. The van der Waals surface area contributed by atoms with E-state index in [1.807, 2.05) is 0 Å². The summed E-state index contributed by atoms with van der Waals surface area (Å²) in [6.45, 7) is 7.73. The van der Waals surface area contributed by atoms with Gasteiger partial charge in [0.25, 0.3) is 0 Å². The van der Waals surface area contributed by atoms with Gasteiger partial charge in [-0.05, 0) is 37.7 Å². The molecule has 6 heteroatoms. The number of nitrogens with two attached hydrogens (primary N) is 1. The highest BCUT2D eigenvalue weighted by atomic mass is 32.2. The maximum atomic E-state index is 12.2. The maximum Gasteiger partial charge on any atom is 0.240 e. The van der Waals surface area contributed by atoms with E-state index in [-0.39, 0.29) is 11.4 Å². The van der Waals surface area contributed by atoms with Crippen molar-refractivity contribution in [1.82, 2.24) is 9.62 Å². The Morgan fingerprint density at radius 2 is 1.85 bits per heavy atom. The van der Waals surface area contributed by atoms with Gasteiger partial charge in [0.2, 0.25) is 10.0 Å². The van der Waals surface area contributed by atoms with Crippen LogP contribution in [0.1, 0.15) is 25.8 Å². The quantitative estimate of drug-likeness (QED) is 0.671. The summed E-state index contributed by atoms with van der Waals surface area (Å²) < 4.78 is 27.1. The Balaban J connectivity index is 2.58. The largest absolute Gasteiger partial charge is 0.326 e. The molecule has 0 saturated carbocycles. The van der Waals surface area contributed by atoms with Gasteiger partial charge >= 0.3 is 0 Å². The minimum Gasteiger partial charge on any atom is -0.326 e. The van der Waals surface area contributed by atoms with Crippen molar-refractivity contribution in [3.8, 4) is 0 Å². The Kier molecular flexibility index (Phi) is 7.15. The van der Waals surface area contributed by atoms with Crippen molar-refractivity contribution in [2.45, 2.75) is 31.7 Å². The summed E-state index contributed by atoms with van der Waals surface area (Å²) in [4.78, 5) is 2.55. The zero-order chi connectivity index (χ0) is 15.0. The van der Waals surface area contributed by atoms with Gasteiger partial charge < -0.3 is 10.6 Å². The second-order valence-electron chi connectivity index (χ2n) is 4.59. The highest BCUT2D eigenvalue weighted by Gasteiger charge is 2.16. The molecule has 0 atom stereocenters. The molecule has 0 aromatic heterocycles. The standard InChI is InChI=1S/C14H25N3O2S/c1-3-17(4-2)11-7-10-16-20(18,19)14-9-6-5-8-13(14)12-15/h5-6,8-9,16H,3-4,7,10-12,15H2,1-2H3. The SMILES string of the molecule is CCN(CC)CCCNS(=O)(=O)c1ccccc1CN. The van der Waals surface area contributed by atoms with Crippen LogP contribution in [0.4, 0.5) is 0 Å². The summed E-state index contributed by atoms with van der Waals surface area (Å²) in [5, 5.41) is 0. The molecule has 0 spiro atoms. The van der Waals surface area contributed by atoms with Crippen molar-refractivity contribution in [1.29, 1.82) is 0 Å². The molecule has 5 nitrogen and oxygen atoms in total. The van der Waals surface area contributed by atoms with Crippen LogP contribution >= 0.6 is 0 Å². The second-order valence-corrected chi connectivity index (χ2v) is 6.33. The monoisotopic (exact) mass is 299 g/mol. The van der Waals surface area contributed by atoms with Gasteiger partial charge in [0.05, 0.1) is 4.90 Å². The number of sulfonamides is 1. The van der Waals surface area contributed by atoms with E-state index in [1.165, 1.54) is 0 Å². The lowest BCUT2D eigenvalue weighted by atomic mass is 10.2. The smallest absolute Gasteiger partial charge is 0.240 e. The first kappa shape index (κ1) is 17.1. The molecule has 0 unspecified atom stereocenters. The van der Waals surface area contributed by atoms with Gasteiger partial charge in [-0.15, -0.1) is 0 Å². The van der Waals surface area contributed by atoms with Crippen LogP contribution in [0, 0.1) is 0 Å². The Morgan fingerprint density at radius 1 is 1.20 bits per heavy atom. The van der Waals surface area contributed by atoms with E-state index in [4.69, 9.17) is 5.73 Å². The van der Waals surface area contributed by atoms with Gasteiger partial charge in [0, 0.05) is 13.1 Å². The third-order valence-electron chi connectivity index (χ3n) is 3.32. The molecule has 0 radical (unpaired) electrons. The molecule has 0 bridgehead atoms. The number of rotatable bonds is 9. The highest BCUT2D eigenvalue weighted by Crippen LogP contribution is 2.14. The lowest BCUT2D eigenvalue weighted by molar-refractivity contribution is 0.300. The summed E-state index contributed by atoms with van der Waals surface area (Å²) in [6.07, 6.45) is 0.797. The summed E-state index contributed by atoms with van der Waals surface area (Å²) >= 11 is 0. The molecule has 1 rings (SSSR count). The lowest BCUT2D eigenvalue weighted by Crippen LogP contribution is -2.30. The van der Waals surface area contributed by atoms with Crippen molar-refractivity contribution in [2.24, 2.45) is 5.73 Å². The molecule has 0 aliphatic carbocycles. The van der Waals surface area contributed by atoms with Crippen LogP contribution in [0.5, 0.6) is 0 Å². The van der Waals surface area contributed by atoms with E-state index in [2.05, 4.69) is 23.5 Å². The zero-order valence-corrected chi connectivity index (χ0v) is 13.1. The lowest BCUT2D eigenvalue weighted by Gasteiger charge is -2.17. The molecular weight excluding hydrogens is 274 g/mol. The van der Waals surface area contributed by atoms with Gasteiger partial charge in [-0.1, -0.05) is 32.0 Å². The number of hydrogen-bond acceptors (Lipinski definition) is 4. The molecule has 0 amide bonds. The molecule has 0 fully saturated rings. The minimum absolute atomic E-state index is 0.219. The number of benzene rings is 1. The minimum atomic E-state index is -3.46. The van der Waals surface area contributed by atoms with Crippen LogP contribution in [0.3, 0.4) is 0 Å². The molecule has 114 valence electrons. The van der Waals surface area contributed by atoms with Crippen LogP contribution in [0.25, 0.3) is 0 Å². The normalized spacial score (nSPS) is 12.0. The maximum absolute atomic E-state index is 12.2. The van der Waals surface area contributed by atoms with Crippen LogP contribution in [0.15, 0.2) is 29.2 Å². The van der Waals surface area contributed by atoms with Crippen LogP contribution in [0.2, 0.25) is 0 Å². The van der Waals surface area contributed by atoms with E-state index in [0.29, 0.717) is 12.1 Å². The van der Waals surface area contributed by atoms with Gasteiger partial charge in [0.15, 0.2) is 0 Å². The molecule has 20 heavy (non-hydrogen) atoms. The summed E-state index contributed by atoms with van der Waals surface area (Å²) in [5.74, 6) is 0. The van der Waals surface area contributed by atoms with Gasteiger partial charge in [0.1, 0.15) is 0 Å². The molecule has 1 aromatic carbocycles. The summed E-state index contributed by atoms with van der Waals surface area (Å²) in [5.41, 5.74) is 6.22. The average Bonchev–Trinajstić information content (AvgIpc) is 2.47. The fourth-order valence-electron chi connectivity index (χ4n) is 2.06. The molecule has 1 aromatic rings. The molecular formula is C14H25N3O2S. The first-order valence-corrected chi connectivity index (χ1v) is 8.53. The second kappa shape index (κ2) is 8.36. The molecule has 0 heterocycles. The number of nitrogens with zero attached hydrogens (tertiary/aromatic N) is 1. The molecule has 0 saturated heterocycles. The van der Waals surface area contributed by atoms with E-state index >= 15 is 0 Å². The van der Waals surface area contributed by atoms with Crippen molar-refractivity contribution < 1.29 is 8.42 Å². The van der Waals surface area contributed by atoms with Crippen molar-refractivity contribution >= 4 is 10.0 Å². The van der Waals surface area contributed by atoms with E-state index < -0.39 is 10.0 Å². The van der Waals surface area contributed by atoms with Crippen molar-refractivity contribution in [2.75, 3.05) is 26.2 Å². The molecule has 0 aliphatic heterocycles. The zero-order valence-electron chi connectivity index (χ0n) is 12.3. The first-order chi connectivity index (χ1) is 9.55. The average molecular weight is 299 g/mol. The predicted molar refractivity (Wildman–Crippen MR) is 81.9 cm³/mol. The predicted octanol–water partition coefficient (Wildman–Crippen LogP) is 1.16. The first-order valence-electron chi connectivity index (χ1n) is 7.05. The fraction of sp³-hybridized carbons (Fsp3) is 0.571. The van der Waals surface area contributed by atoms with E-state index in [1.54, 1.807) is 24.3 Å². The van der Waals surface area contributed by atoms with Crippen molar-refractivity contribution in [3.05, 3.63) is 29.8 Å². The fourth-order valence-corrected chi connectivity index (χ4v) is 3.38. The van der Waals surface area contributed by atoms with Crippen molar-refractivity contribution in [3.63, 3.8) is 0 Å². The summed E-state index contributed by atoms with van der Waals surface area (Å²) in [6, 6.07) is 6.84. The van der Waals surface area contributed by atoms with Gasteiger partial charge in [-0.2, -0.15) is 0 Å². The third kappa shape index (κ3) is 4.86. The third-order valence-corrected chi connectivity index (χ3v) is 4.88. The highest BCUT2D eigenvalue weighted by molar-refractivity contribution is 7.89. The summed E-state index contributed by atoms with van der Waals surface area (Å²) in [7, 11) is -3.46. The van der Waals surface area contributed by atoms with Crippen LogP contribution in [-0.4, -0.2) is 39.5 Å². The Morgan fingerprint density at radius 3 is 2.45 bits per heavy atom. The van der Waals surface area contributed by atoms with Gasteiger partial charge in [-0.25, -0.2) is 13.1 Å². The molecule has 0 aliphatic rings. The van der Waals surface area contributed by atoms with Gasteiger partial charge in [-0.3, -0.25) is 0 Å². The Labute approximate surface area is 122 Å². The van der Waals surface area contributed by atoms with Crippen LogP contribution in [-0.2, 0) is 16.6 Å².